The molecule has 0 aromatic heterocycles. The van der Waals surface area contributed by atoms with Crippen molar-refractivity contribution in [2.75, 3.05) is 11.9 Å². The highest BCUT2D eigenvalue weighted by atomic mass is 79.9. The van der Waals surface area contributed by atoms with Crippen LogP contribution in [0.4, 0.5) is 5.69 Å². The van der Waals surface area contributed by atoms with Crippen molar-refractivity contribution in [3.63, 3.8) is 0 Å². The summed E-state index contributed by atoms with van der Waals surface area (Å²) in [5.41, 5.74) is 7.63. The van der Waals surface area contributed by atoms with Crippen LogP contribution < -0.4 is 11.1 Å². The zero-order chi connectivity index (χ0) is 13.1. The Labute approximate surface area is 122 Å². The second-order valence-corrected chi connectivity index (χ2v) is 6.52. The molecule has 18 heavy (non-hydrogen) atoms. The normalized spacial score (nSPS) is 23.0. The lowest BCUT2D eigenvalue weighted by Crippen LogP contribution is -2.13. The van der Waals surface area contributed by atoms with Crippen molar-refractivity contribution in [1.29, 1.82) is 0 Å². The van der Waals surface area contributed by atoms with Gasteiger partial charge in [-0.15, -0.1) is 0 Å². The summed E-state index contributed by atoms with van der Waals surface area (Å²) in [6, 6.07) is 5.98. The van der Waals surface area contributed by atoms with Gasteiger partial charge in [-0.1, -0.05) is 25.6 Å². The number of thiocarbonyl (C=S) groups is 1. The number of nitrogens with one attached hydrogen (secondary N) is 1. The highest BCUT2D eigenvalue weighted by Crippen LogP contribution is 2.31. The molecule has 0 saturated heterocycles. The number of hydrogen-bond acceptors (Lipinski definition) is 2. The summed E-state index contributed by atoms with van der Waals surface area (Å²) in [5, 5.41) is 3.51. The number of hydrogen-bond donors (Lipinski definition) is 2. The Bertz CT molecular complexity index is 447. The second-order valence-electron chi connectivity index (χ2n) is 5.22. The minimum Gasteiger partial charge on any atom is -0.389 e. The van der Waals surface area contributed by atoms with Gasteiger partial charge in [-0.3, -0.25) is 0 Å². The zero-order valence-electron chi connectivity index (χ0n) is 10.6. The van der Waals surface area contributed by atoms with Crippen molar-refractivity contribution in [1.82, 2.24) is 0 Å². The molecule has 1 aliphatic rings. The maximum absolute atomic E-state index is 5.61. The van der Waals surface area contributed by atoms with Gasteiger partial charge < -0.3 is 11.1 Å². The summed E-state index contributed by atoms with van der Waals surface area (Å²) in [4.78, 5) is 0.437. The monoisotopic (exact) mass is 326 g/mol. The van der Waals surface area contributed by atoms with E-state index in [1.165, 1.54) is 19.3 Å². The molecule has 2 atom stereocenters. The molecule has 2 rings (SSSR count). The molecular formula is C14H19BrN2S. The maximum Gasteiger partial charge on any atom is 0.104 e. The van der Waals surface area contributed by atoms with Crippen molar-refractivity contribution >= 4 is 38.8 Å². The molecule has 1 aromatic rings. The van der Waals surface area contributed by atoms with E-state index in [0.717, 1.165) is 34.1 Å². The van der Waals surface area contributed by atoms with E-state index in [2.05, 4.69) is 28.2 Å². The predicted octanol–water partition coefficient (Wildman–Crippen LogP) is 3.93. The lowest BCUT2D eigenvalue weighted by Gasteiger charge is -2.14. The van der Waals surface area contributed by atoms with Gasteiger partial charge in [0.1, 0.15) is 4.99 Å². The molecule has 0 radical (unpaired) electrons. The second kappa shape index (κ2) is 6.02. The summed E-state index contributed by atoms with van der Waals surface area (Å²) in [5.74, 6) is 1.69. The van der Waals surface area contributed by atoms with E-state index in [4.69, 9.17) is 18.0 Å². The van der Waals surface area contributed by atoms with Crippen LogP contribution in [0.5, 0.6) is 0 Å². The van der Waals surface area contributed by atoms with E-state index in [1.807, 2.05) is 18.2 Å². The van der Waals surface area contributed by atoms with Gasteiger partial charge in [0.05, 0.1) is 0 Å². The molecular weight excluding hydrogens is 308 g/mol. The molecule has 1 saturated carbocycles. The summed E-state index contributed by atoms with van der Waals surface area (Å²) in [6.45, 7) is 3.39. The van der Waals surface area contributed by atoms with Crippen LogP contribution >= 0.6 is 28.1 Å². The van der Waals surface area contributed by atoms with Gasteiger partial charge in [0.25, 0.3) is 0 Å². The summed E-state index contributed by atoms with van der Waals surface area (Å²) in [6.07, 6.45) is 4.06. The lowest BCUT2D eigenvalue weighted by atomic mass is 10.1. The molecule has 0 amide bonds. The smallest absolute Gasteiger partial charge is 0.104 e. The van der Waals surface area contributed by atoms with Crippen LogP contribution in [0.1, 0.15) is 31.7 Å². The molecule has 0 heterocycles. The molecule has 98 valence electrons. The standard InChI is InChI=1S/C14H19BrN2S/c1-9-2-3-10(6-9)8-17-13-5-4-11(14(16)18)7-12(13)15/h4-5,7,9-10,17H,2-3,6,8H2,1H3,(H2,16,18). The van der Waals surface area contributed by atoms with Gasteiger partial charge in [-0.2, -0.15) is 0 Å². The van der Waals surface area contributed by atoms with E-state index in [0.29, 0.717) is 4.99 Å². The SMILES string of the molecule is CC1CCC(CNc2ccc(C(N)=S)cc2Br)C1. The molecule has 4 heteroatoms. The Morgan fingerprint density at radius 3 is 2.83 bits per heavy atom. The first-order chi connectivity index (χ1) is 8.56. The third kappa shape index (κ3) is 3.45. The van der Waals surface area contributed by atoms with Crippen LogP contribution in [0.3, 0.4) is 0 Å². The number of halogens is 1. The van der Waals surface area contributed by atoms with Crippen LogP contribution in [0.25, 0.3) is 0 Å². The summed E-state index contributed by atoms with van der Waals surface area (Å²) in [7, 11) is 0. The van der Waals surface area contributed by atoms with Crippen LogP contribution in [0.15, 0.2) is 22.7 Å². The fourth-order valence-corrected chi connectivity index (χ4v) is 3.22. The first-order valence-electron chi connectivity index (χ1n) is 6.39. The molecule has 2 nitrogen and oxygen atoms in total. The van der Waals surface area contributed by atoms with Crippen LogP contribution in [0.2, 0.25) is 0 Å². The Hall–Kier alpha value is -0.610. The van der Waals surface area contributed by atoms with Gasteiger partial charge in [0, 0.05) is 22.3 Å². The fourth-order valence-electron chi connectivity index (χ4n) is 2.58. The van der Waals surface area contributed by atoms with Crippen molar-refractivity contribution < 1.29 is 0 Å². The highest BCUT2D eigenvalue weighted by Gasteiger charge is 2.20. The van der Waals surface area contributed by atoms with Crippen molar-refractivity contribution in [2.24, 2.45) is 17.6 Å². The lowest BCUT2D eigenvalue weighted by molar-refractivity contribution is 0.537. The first-order valence-corrected chi connectivity index (χ1v) is 7.59. The van der Waals surface area contributed by atoms with Gasteiger partial charge in [0.15, 0.2) is 0 Å². The van der Waals surface area contributed by atoms with Crippen molar-refractivity contribution in [2.45, 2.75) is 26.2 Å². The number of benzene rings is 1. The van der Waals surface area contributed by atoms with Crippen LogP contribution in [-0.4, -0.2) is 11.5 Å². The molecule has 1 aromatic carbocycles. The van der Waals surface area contributed by atoms with Crippen molar-refractivity contribution in [3.8, 4) is 0 Å². The van der Waals surface area contributed by atoms with E-state index < -0.39 is 0 Å². The van der Waals surface area contributed by atoms with E-state index in [1.54, 1.807) is 0 Å². The quantitative estimate of drug-likeness (QED) is 0.823. The Kier molecular flexibility index (Phi) is 4.62. The molecule has 0 bridgehead atoms. The van der Waals surface area contributed by atoms with Gasteiger partial charge in [-0.05, 0) is 58.8 Å². The Morgan fingerprint density at radius 2 is 2.28 bits per heavy atom. The molecule has 2 unspecified atom stereocenters. The average molecular weight is 327 g/mol. The Morgan fingerprint density at radius 1 is 1.50 bits per heavy atom. The van der Waals surface area contributed by atoms with E-state index >= 15 is 0 Å². The topological polar surface area (TPSA) is 38.0 Å². The van der Waals surface area contributed by atoms with Gasteiger partial charge in [0.2, 0.25) is 0 Å². The minimum atomic E-state index is 0.437. The molecule has 1 fully saturated rings. The zero-order valence-corrected chi connectivity index (χ0v) is 13.0. The van der Waals surface area contributed by atoms with E-state index in [-0.39, 0.29) is 0 Å². The van der Waals surface area contributed by atoms with Gasteiger partial charge in [-0.25, -0.2) is 0 Å². The minimum absolute atomic E-state index is 0.437. The fraction of sp³-hybridized carbons (Fsp3) is 0.500. The maximum atomic E-state index is 5.61. The third-order valence-corrected chi connectivity index (χ3v) is 4.53. The molecule has 1 aliphatic carbocycles. The van der Waals surface area contributed by atoms with Crippen LogP contribution in [-0.2, 0) is 0 Å². The van der Waals surface area contributed by atoms with E-state index in [9.17, 15) is 0 Å². The van der Waals surface area contributed by atoms with Crippen LogP contribution in [0, 0.1) is 11.8 Å². The Balaban J connectivity index is 1.95. The first kappa shape index (κ1) is 13.8. The molecule has 0 spiro atoms. The summed E-state index contributed by atoms with van der Waals surface area (Å²) >= 11 is 8.53. The number of nitrogens with two attached hydrogens (primary N) is 1. The largest absolute Gasteiger partial charge is 0.389 e. The van der Waals surface area contributed by atoms with Gasteiger partial charge >= 0.3 is 0 Å². The number of anilines is 1. The third-order valence-electron chi connectivity index (χ3n) is 3.64. The average Bonchev–Trinajstić information content (AvgIpc) is 2.73. The molecule has 3 N–H and O–H groups in total. The molecule has 0 aliphatic heterocycles. The van der Waals surface area contributed by atoms with Crippen molar-refractivity contribution in [3.05, 3.63) is 28.2 Å². The summed E-state index contributed by atoms with van der Waals surface area (Å²) < 4.78 is 1.03. The number of rotatable bonds is 4. The predicted molar refractivity (Wildman–Crippen MR) is 85.0 cm³/mol. The highest BCUT2D eigenvalue weighted by molar-refractivity contribution is 9.10.